The van der Waals surface area contributed by atoms with Crippen molar-refractivity contribution in [1.29, 1.82) is 0 Å². The van der Waals surface area contributed by atoms with E-state index in [9.17, 15) is 4.79 Å². The molecule has 1 aromatic carbocycles. The van der Waals surface area contributed by atoms with Crippen molar-refractivity contribution >= 4 is 17.5 Å². The van der Waals surface area contributed by atoms with E-state index in [0.717, 1.165) is 37.6 Å². The quantitative estimate of drug-likeness (QED) is 0.886. The third-order valence-corrected chi connectivity index (χ3v) is 3.36. The predicted molar refractivity (Wildman–Crippen MR) is 88.3 cm³/mol. The smallest absolute Gasteiger partial charge is 0.412 e. The molecule has 2 N–H and O–H groups in total. The molecule has 0 aliphatic carbocycles. The molecule has 1 aromatic rings. The van der Waals surface area contributed by atoms with Crippen molar-refractivity contribution in [3.05, 3.63) is 24.3 Å². The average molecular weight is 306 g/mol. The van der Waals surface area contributed by atoms with Gasteiger partial charge in [-0.3, -0.25) is 5.32 Å². The normalized spacial score (nSPS) is 18.6. The maximum Gasteiger partial charge on any atom is 0.412 e. The summed E-state index contributed by atoms with van der Waals surface area (Å²) in [7, 11) is 0. The molecule has 1 fully saturated rings. The number of benzene rings is 1. The molecule has 0 spiro atoms. The van der Waals surface area contributed by atoms with Crippen LogP contribution in [0.3, 0.4) is 0 Å². The van der Waals surface area contributed by atoms with Gasteiger partial charge in [-0.2, -0.15) is 0 Å². The maximum absolute atomic E-state index is 11.8. The molecular formula is C17H26N2O3. The number of hydrogen-bond acceptors (Lipinski definition) is 4. The molecule has 122 valence electrons. The van der Waals surface area contributed by atoms with Crippen LogP contribution in [0.2, 0.25) is 0 Å². The van der Waals surface area contributed by atoms with E-state index in [1.165, 1.54) is 6.42 Å². The van der Waals surface area contributed by atoms with Crippen LogP contribution in [0.25, 0.3) is 0 Å². The van der Waals surface area contributed by atoms with Crippen LogP contribution < -0.4 is 10.6 Å². The van der Waals surface area contributed by atoms with Gasteiger partial charge >= 0.3 is 6.09 Å². The molecule has 5 nitrogen and oxygen atoms in total. The lowest BCUT2D eigenvalue weighted by atomic mass is 10.0. The van der Waals surface area contributed by atoms with E-state index in [2.05, 4.69) is 10.6 Å². The summed E-state index contributed by atoms with van der Waals surface area (Å²) in [5.74, 6) is 0.552. The van der Waals surface area contributed by atoms with Gasteiger partial charge in [0, 0.05) is 24.5 Å². The number of ether oxygens (including phenoxy) is 2. The van der Waals surface area contributed by atoms with E-state index in [1.54, 1.807) is 0 Å². The number of nitrogens with one attached hydrogen (secondary N) is 2. The second-order valence-electron chi connectivity index (χ2n) is 6.67. The zero-order valence-electron chi connectivity index (χ0n) is 13.6. The lowest BCUT2D eigenvalue weighted by Gasteiger charge is -2.23. The molecular weight excluding hydrogens is 280 g/mol. The number of anilines is 2. The molecule has 22 heavy (non-hydrogen) atoms. The summed E-state index contributed by atoms with van der Waals surface area (Å²) in [6.45, 7) is 8.12. The van der Waals surface area contributed by atoms with Gasteiger partial charge in [-0.15, -0.1) is 0 Å². The Morgan fingerprint density at radius 1 is 1.36 bits per heavy atom. The minimum absolute atomic E-state index is 0.440. The van der Waals surface area contributed by atoms with Crippen LogP contribution in [0.1, 0.15) is 33.6 Å². The van der Waals surface area contributed by atoms with Crippen LogP contribution in [-0.2, 0) is 9.47 Å². The minimum Gasteiger partial charge on any atom is -0.444 e. The topological polar surface area (TPSA) is 59.6 Å². The van der Waals surface area contributed by atoms with E-state index in [0.29, 0.717) is 5.92 Å². The molecule has 1 amide bonds. The Bertz CT molecular complexity index is 491. The Morgan fingerprint density at radius 3 is 2.82 bits per heavy atom. The number of amides is 1. The SMILES string of the molecule is CC(C)(C)OC(=O)Nc1cccc(NCC2CCCOC2)c1. The van der Waals surface area contributed by atoms with Crippen molar-refractivity contribution in [3.63, 3.8) is 0 Å². The molecule has 1 atom stereocenters. The lowest BCUT2D eigenvalue weighted by molar-refractivity contribution is 0.0595. The standard InChI is InChI=1S/C17H26N2O3/c1-17(2,3)22-16(20)19-15-8-4-7-14(10-15)18-11-13-6-5-9-21-12-13/h4,7-8,10,13,18H,5-6,9,11-12H2,1-3H3,(H,19,20). The average Bonchev–Trinajstić information content (AvgIpc) is 2.44. The van der Waals surface area contributed by atoms with Crippen molar-refractivity contribution in [1.82, 2.24) is 0 Å². The van der Waals surface area contributed by atoms with Gasteiger partial charge in [0.15, 0.2) is 0 Å². The second kappa shape index (κ2) is 7.49. The summed E-state index contributed by atoms with van der Waals surface area (Å²) in [6, 6.07) is 7.66. The van der Waals surface area contributed by atoms with Gasteiger partial charge in [0.05, 0.1) is 6.61 Å². The van der Waals surface area contributed by atoms with E-state index in [4.69, 9.17) is 9.47 Å². The van der Waals surface area contributed by atoms with Crippen LogP contribution in [0.15, 0.2) is 24.3 Å². The molecule has 1 unspecified atom stereocenters. The first-order valence-electron chi connectivity index (χ1n) is 7.84. The Kier molecular flexibility index (Phi) is 5.66. The summed E-state index contributed by atoms with van der Waals surface area (Å²) in [4.78, 5) is 11.8. The summed E-state index contributed by atoms with van der Waals surface area (Å²) in [6.07, 6.45) is 1.89. The van der Waals surface area contributed by atoms with Crippen molar-refractivity contribution < 1.29 is 14.3 Å². The number of carbonyl (C=O) groups is 1. The molecule has 5 heteroatoms. The molecule has 1 saturated heterocycles. The molecule has 0 bridgehead atoms. The number of carbonyl (C=O) groups excluding carboxylic acids is 1. The largest absolute Gasteiger partial charge is 0.444 e. The Hall–Kier alpha value is -1.75. The van der Waals surface area contributed by atoms with E-state index in [1.807, 2.05) is 45.0 Å². The van der Waals surface area contributed by atoms with Crippen LogP contribution >= 0.6 is 0 Å². The lowest BCUT2D eigenvalue weighted by Crippen LogP contribution is -2.27. The van der Waals surface area contributed by atoms with Gasteiger partial charge < -0.3 is 14.8 Å². The summed E-state index contributed by atoms with van der Waals surface area (Å²) < 4.78 is 10.7. The van der Waals surface area contributed by atoms with E-state index in [-0.39, 0.29) is 0 Å². The fraction of sp³-hybridized carbons (Fsp3) is 0.588. The van der Waals surface area contributed by atoms with E-state index >= 15 is 0 Å². The molecule has 0 radical (unpaired) electrons. The molecule has 0 saturated carbocycles. The highest BCUT2D eigenvalue weighted by Crippen LogP contribution is 2.19. The minimum atomic E-state index is -0.499. The maximum atomic E-state index is 11.8. The highest BCUT2D eigenvalue weighted by molar-refractivity contribution is 5.85. The van der Waals surface area contributed by atoms with Crippen molar-refractivity contribution in [2.45, 2.75) is 39.2 Å². The molecule has 1 aliphatic rings. The molecule has 1 aliphatic heterocycles. The van der Waals surface area contributed by atoms with Gasteiger partial charge in [0.1, 0.15) is 5.60 Å². The molecule has 0 aromatic heterocycles. The third-order valence-electron chi connectivity index (χ3n) is 3.36. The van der Waals surface area contributed by atoms with E-state index < -0.39 is 11.7 Å². The van der Waals surface area contributed by atoms with Crippen molar-refractivity contribution in [2.24, 2.45) is 5.92 Å². The van der Waals surface area contributed by atoms with Gasteiger partial charge in [-0.1, -0.05) is 6.07 Å². The monoisotopic (exact) mass is 306 g/mol. The first kappa shape index (κ1) is 16.6. The highest BCUT2D eigenvalue weighted by atomic mass is 16.6. The Labute approximate surface area is 132 Å². The fourth-order valence-corrected chi connectivity index (χ4v) is 2.36. The molecule has 2 rings (SSSR count). The van der Waals surface area contributed by atoms with Crippen LogP contribution in [0.4, 0.5) is 16.2 Å². The predicted octanol–water partition coefficient (Wildman–Crippen LogP) is 3.87. The Morgan fingerprint density at radius 2 is 2.14 bits per heavy atom. The first-order valence-corrected chi connectivity index (χ1v) is 7.84. The third kappa shape index (κ3) is 5.93. The second-order valence-corrected chi connectivity index (χ2v) is 6.67. The van der Waals surface area contributed by atoms with Gasteiger partial charge in [-0.05, 0) is 57.7 Å². The van der Waals surface area contributed by atoms with Gasteiger partial charge in [0.2, 0.25) is 0 Å². The number of rotatable bonds is 4. The van der Waals surface area contributed by atoms with Gasteiger partial charge in [-0.25, -0.2) is 4.79 Å². The molecule has 1 heterocycles. The summed E-state index contributed by atoms with van der Waals surface area (Å²) in [5, 5.41) is 6.16. The Balaban J connectivity index is 1.85. The zero-order chi connectivity index (χ0) is 16.0. The summed E-state index contributed by atoms with van der Waals surface area (Å²) in [5.41, 5.74) is 1.21. The van der Waals surface area contributed by atoms with Crippen molar-refractivity contribution in [3.8, 4) is 0 Å². The van der Waals surface area contributed by atoms with Crippen LogP contribution in [-0.4, -0.2) is 31.5 Å². The first-order chi connectivity index (χ1) is 10.4. The highest BCUT2D eigenvalue weighted by Gasteiger charge is 2.16. The van der Waals surface area contributed by atoms with Crippen molar-refractivity contribution in [2.75, 3.05) is 30.4 Å². The summed E-state index contributed by atoms with van der Waals surface area (Å²) >= 11 is 0. The fourth-order valence-electron chi connectivity index (χ4n) is 2.36. The van der Waals surface area contributed by atoms with Crippen LogP contribution in [0, 0.1) is 5.92 Å². The van der Waals surface area contributed by atoms with Crippen LogP contribution in [0.5, 0.6) is 0 Å². The number of hydrogen-bond donors (Lipinski definition) is 2. The zero-order valence-corrected chi connectivity index (χ0v) is 13.6. The van der Waals surface area contributed by atoms with Gasteiger partial charge in [0.25, 0.3) is 0 Å².